The maximum Gasteiger partial charge on any atom is 0.416 e. The van der Waals surface area contributed by atoms with Gasteiger partial charge in [0, 0.05) is 49.9 Å². The molecule has 3 heterocycles. The Labute approximate surface area is 176 Å². The number of aromatic nitrogens is 2. The number of rotatable bonds is 3. The molecule has 0 saturated carbocycles. The Balaban J connectivity index is 1.49. The topological polar surface area (TPSA) is 39.0 Å². The van der Waals surface area contributed by atoms with Crippen LogP contribution in [-0.4, -0.2) is 22.2 Å². The molecule has 0 unspecified atom stereocenters. The molecule has 4 nitrogen and oxygen atoms in total. The van der Waals surface area contributed by atoms with Crippen molar-refractivity contribution in [2.24, 2.45) is 7.05 Å². The van der Waals surface area contributed by atoms with Crippen LogP contribution in [0.2, 0.25) is 0 Å². The first kappa shape index (κ1) is 19.6. The Morgan fingerprint density at radius 2 is 1.71 bits per heavy atom. The van der Waals surface area contributed by atoms with Crippen LogP contribution in [0.5, 0.6) is 0 Å². The van der Waals surface area contributed by atoms with Crippen LogP contribution in [0.3, 0.4) is 0 Å². The molecule has 0 bridgehead atoms. The zero-order valence-electron chi connectivity index (χ0n) is 16.8. The van der Waals surface area contributed by atoms with Gasteiger partial charge in [0.15, 0.2) is 0 Å². The molecule has 1 aliphatic heterocycles. The van der Waals surface area contributed by atoms with E-state index in [1.54, 1.807) is 16.8 Å². The molecule has 158 valence electrons. The van der Waals surface area contributed by atoms with Crippen molar-refractivity contribution in [1.82, 2.24) is 14.5 Å². The lowest BCUT2D eigenvalue weighted by Crippen LogP contribution is -2.39. The SMILES string of the molecule is Cn1cc(C2CNC2)c2ccc(-n3ccc(-c4ccc(C(F)(F)F)cc4)cc3=O)cc21. The van der Waals surface area contributed by atoms with Crippen LogP contribution >= 0.6 is 0 Å². The third-order valence-electron chi connectivity index (χ3n) is 5.97. The molecule has 0 amide bonds. The summed E-state index contributed by atoms with van der Waals surface area (Å²) in [5.74, 6) is 0.514. The van der Waals surface area contributed by atoms with E-state index >= 15 is 0 Å². The smallest absolute Gasteiger partial charge is 0.350 e. The van der Waals surface area contributed by atoms with Crippen molar-refractivity contribution in [2.45, 2.75) is 12.1 Å². The quantitative estimate of drug-likeness (QED) is 0.519. The summed E-state index contributed by atoms with van der Waals surface area (Å²) in [7, 11) is 2.00. The van der Waals surface area contributed by atoms with Gasteiger partial charge in [0.05, 0.1) is 16.8 Å². The molecular weight excluding hydrogens is 403 g/mol. The van der Waals surface area contributed by atoms with Crippen molar-refractivity contribution < 1.29 is 13.2 Å². The first-order valence-electron chi connectivity index (χ1n) is 10.0. The average Bonchev–Trinajstić information content (AvgIpc) is 3.01. The van der Waals surface area contributed by atoms with Crippen LogP contribution in [-0.2, 0) is 13.2 Å². The Bertz CT molecular complexity index is 1330. The van der Waals surface area contributed by atoms with Crippen molar-refractivity contribution in [2.75, 3.05) is 13.1 Å². The normalized spacial score (nSPS) is 14.7. The molecule has 0 radical (unpaired) electrons. The highest BCUT2D eigenvalue weighted by Gasteiger charge is 2.30. The van der Waals surface area contributed by atoms with Crippen LogP contribution in [0.1, 0.15) is 17.0 Å². The molecule has 7 heteroatoms. The molecule has 2 aromatic carbocycles. The summed E-state index contributed by atoms with van der Waals surface area (Å²) in [5.41, 5.74) is 3.30. The molecule has 31 heavy (non-hydrogen) atoms. The summed E-state index contributed by atoms with van der Waals surface area (Å²) in [6.45, 7) is 1.96. The summed E-state index contributed by atoms with van der Waals surface area (Å²) in [6.07, 6.45) is -0.570. The van der Waals surface area contributed by atoms with E-state index in [0.29, 0.717) is 17.0 Å². The van der Waals surface area contributed by atoms with E-state index < -0.39 is 11.7 Å². The van der Waals surface area contributed by atoms with Crippen LogP contribution in [0.25, 0.3) is 27.7 Å². The van der Waals surface area contributed by atoms with Crippen molar-refractivity contribution in [3.63, 3.8) is 0 Å². The standard InChI is InChI=1S/C24H20F3N3O/c1-29-14-21(17-12-28-13-17)20-7-6-19(11-22(20)29)30-9-8-16(10-23(30)31)15-2-4-18(5-3-15)24(25,26)27/h2-11,14,17,28H,12-13H2,1H3. The number of halogens is 3. The number of fused-ring (bicyclic) bond motifs is 1. The number of benzene rings is 2. The number of hydrogen-bond donors (Lipinski definition) is 1. The number of alkyl halides is 3. The van der Waals surface area contributed by atoms with E-state index in [1.807, 2.05) is 19.2 Å². The molecule has 1 N–H and O–H groups in total. The summed E-state index contributed by atoms with van der Waals surface area (Å²) in [6, 6.07) is 14.0. The van der Waals surface area contributed by atoms with Crippen LogP contribution in [0.15, 0.2) is 71.8 Å². The molecule has 1 fully saturated rings. The number of nitrogens with one attached hydrogen (secondary N) is 1. The maximum atomic E-state index is 12.8. The molecule has 2 aromatic heterocycles. The van der Waals surface area contributed by atoms with Gasteiger partial charge in [0.1, 0.15) is 0 Å². The largest absolute Gasteiger partial charge is 0.416 e. The van der Waals surface area contributed by atoms with Crippen LogP contribution in [0.4, 0.5) is 13.2 Å². The minimum absolute atomic E-state index is 0.241. The van der Waals surface area contributed by atoms with E-state index in [2.05, 4.69) is 22.1 Å². The molecule has 4 aromatic rings. The highest BCUT2D eigenvalue weighted by Crippen LogP contribution is 2.32. The Hall–Kier alpha value is -3.32. The lowest BCUT2D eigenvalue weighted by atomic mass is 9.93. The Morgan fingerprint density at radius 1 is 0.968 bits per heavy atom. The van der Waals surface area contributed by atoms with E-state index in [-0.39, 0.29) is 5.56 Å². The summed E-state index contributed by atoms with van der Waals surface area (Å²) >= 11 is 0. The second-order valence-corrected chi connectivity index (χ2v) is 7.95. The van der Waals surface area contributed by atoms with Gasteiger partial charge in [-0.3, -0.25) is 9.36 Å². The van der Waals surface area contributed by atoms with Gasteiger partial charge >= 0.3 is 6.18 Å². The predicted octanol–water partition coefficient (Wildman–Crippen LogP) is 4.70. The predicted molar refractivity (Wildman–Crippen MR) is 115 cm³/mol. The minimum Gasteiger partial charge on any atom is -0.350 e. The van der Waals surface area contributed by atoms with Crippen LogP contribution < -0.4 is 10.9 Å². The maximum absolute atomic E-state index is 12.8. The lowest BCUT2D eigenvalue weighted by molar-refractivity contribution is -0.137. The third kappa shape index (κ3) is 3.45. The Morgan fingerprint density at radius 3 is 2.32 bits per heavy atom. The van der Waals surface area contributed by atoms with Crippen molar-refractivity contribution >= 4 is 10.9 Å². The molecule has 5 rings (SSSR count). The second kappa shape index (κ2) is 7.13. The first-order valence-corrected chi connectivity index (χ1v) is 10.0. The van der Waals surface area contributed by atoms with Crippen molar-refractivity contribution in [3.05, 3.63) is 88.5 Å². The van der Waals surface area contributed by atoms with E-state index in [1.165, 1.54) is 29.1 Å². The van der Waals surface area contributed by atoms with Gasteiger partial charge in [0.2, 0.25) is 0 Å². The average molecular weight is 423 g/mol. The zero-order valence-corrected chi connectivity index (χ0v) is 16.8. The zero-order chi connectivity index (χ0) is 21.8. The van der Waals surface area contributed by atoms with Gasteiger partial charge in [0.25, 0.3) is 5.56 Å². The summed E-state index contributed by atoms with van der Waals surface area (Å²) in [4.78, 5) is 12.8. The highest BCUT2D eigenvalue weighted by atomic mass is 19.4. The van der Waals surface area contributed by atoms with Gasteiger partial charge in [-0.1, -0.05) is 18.2 Å². The van der Waals surface area contributed by atoms with Gasteiger partial charge in [-0.25, -0.2) is 0 Å². The fourth-order valence-electron chi connectivity index (χ4n) is 4.11. The number of hydrogen-bond acceptors (Lipinski definition) is 2. The second-order valence-electron chi connectivity index (χ2n) is 7.95. The fourth-order valence-corrected chi connectivity index (χ4v) is 4.11. The van der Waals surface area contributed by atoms with E-state index in [4.69, 9.17) is 0 Å². The van der Waals surface area contributed by atoms with Crippen molar-refractivity contribution in [3.8, 4) is 16.8 Å². The van der Waals surface area contributed by atoms with Crippen molar-refractivity contribution in [1.29, 1.82) is 0 Å². The van der Waals surface area contributed by atoms with Gasteiger partial charge < -0.3 is 9.88 Å². The van der Waals surface area contributed by atoms with E-state index in [0.717, 1.165) is 36.4 Å². The fraction of sp³-hybridized carbons (Fsp3) is 0.208. The summed E-state index contributed by atoms with van der Waals surface area (Å²) in [5, 5.41) is 4.48. The number of nitrogens with zero attached hydrogens (tertiary/aromatic N) is 2. The minimum atomic E-state index is -4.38. The molecule has 0 atom stereocenters. The monoisotopic (exact) mass is 423 g/mol. The molecule has 0 spiro atoms. The van der Waals surface area contributed by atoms with E-state index in [9.17, 15) is 18.0 Å². The lowest BCUT2D eigenvalue weighted by Gasteiger charge is -2.26. The van der Waals surface area contributed by atoms with Gasteiger partial charge in [-0.05, 0) is 47.0 Å². The third-order valence-corrected chi connectivity index (χ3v) is 5.97. The molecular formula is C24H20F3N3O. The highest BCUT2D eigenvalue weighted by molar-refractivity contribution is 5.86. The molecule has 1 saturated heterocycles. The van der Waals surface area contributed by atoms with Crippen LogP contribution in [0, 0.1) is 0 Å². The Kier molecular flexibility index (Phi) is 4.51. The number of pyridine rings is 1. The number of aryl methyl sites for hydroxylation is 1. The summed E-state index contributed by atoms with van der Waals surface area (Å²) < 4.78 is 42.0. The van der Waals surface area contributed by atoms with Gasteiger partial charge in [-0.2, -0.15) is 13.2 Å². The molecule has 0 aliphatic carbocycles. The van der Waals surface area contributed by atoms with Gasteiger partial charge in [-0.15, -0.1) is 0 Å². The molecule has 1 aliphatic rings. The first-order chi connectivity index (χ1) is 14.8.